The molecule has 62 valence electrons. The number of nitrogen functional groups attached to an aromatic ring is 1. The van der Waals surface area contributed by atoms with Gasteiger partial charge >= 0.3 is 0 Å². The molecule has 0 saturated heterocycles. The van der Waals surface area contributed by atoms with Crippen LogP contribution in [0.3, 0.4) is 0 Å². The maximum Gasteiger partial charge on any atom is 0.139 e. The lowest BCUT2D eigenvalue weighted by Crippen LogP contribution is -1.87. The van der Waals surface area contributed by atoms with Crippen molar-refractivity contribution in [2.75, 3.05) is 5.73 Å². The summed E-state index contributed by atoms with van der Waals surface area (Å²) in [7, 11) is 0. The summed E-state index contributed by atoms with van der Waals surface area (Å²) in [5.74, 6) is 0. The molecule has 0 aliphatic heterocycles. The van der Waals surface area contributed by atoms with Crippen LogP contribution in [0.4, 0.5) is 5.69 Å². The van der Waals surface area contributed by atoms with Crippen molar-refractivity contribution >= 4 is 16.7 Å². The van der Waals surface area contributed by atoms with Gasteiger partial charge in [0.1, 0.15) is 5.65 Å². The van der Waals surface area contributed by atoms with Gasteiger partial charge in [0, 0.05) is 17.3 Å². The molecule has 0 aromatic carbocycles. The van der Waals surface area contributed by atoms with Gasteiger partial charge in [0.2, 0.25) is 0 Å². The lowest BCUT2D eigenvalue weighted by molar-refractivity contribution is 1.21. The van der Waals surface area contributed by atoms with E-state index in [1.54, 1.807) is 6.20 Å². The Balaban J connectivity index is 2.93. The Morgan fingerprint density at radius 1 is 1.42 bits per heavy atom. The highest BCUT2D eigenvalue weighted by atomic mass is 14.9. The topological polar surface area (TPSA) is 54.7 Å². The molecule has 0 amide bonds. The Hall–Kier alpha value is -1.51. The van der Waals surface area contributed by atoms with Gasteiger partial charge in [-0.2, -0.15) is 0 Å². The zero-order chi connectivity index (χ0) is 8.72. The van der Waals surface area contributed by atoms with Crippen LogP contribution in [-0.2, 0) is 0 Å². The Bertz CT molecular complexity index is 429. The second-order valence-corrected chi connectivity index (χ2v) is 3.05. The molecular formula is C9H11N3. The van der Waals surface area contributed by atoms with Crippen LogP contribution >= 0.6 is 0 Å². The summed E-state index contributed by atoms with van der Waals surface area (Å²) >= 11 is 0. The first kappa shape index (κ1) is 7.16. The second kappa shape index (κ2) is 2.24. The summed E-state index contributed by atoms with van der Waals surface area (Å²) in [5, 5.41) is 1.04. The average molecular weight is 161 g/mol. The highest BCUT2D eigenvalue weighted by Gasteiger charge is 2.04. The molecule has 0 saturated carbocycles. The Kier molecular flexibility index (Phi) is 1.33. The fourth-order valence-electron chi connectivity index (χ4n) is 1.52. The number of rotatable bonds is 0. The van der Waals surface area contributed by atoms with Crippen molar-refractivity contribution in [2.24, 2.45) is 0 Å². The van der Waals surface area contributed by atoms with E-state index < -0.39 is 0 Å². The van der Waals surface area contributed by atoms with E-state index in [0.717, 1.165) is 22.4 Å². The van der Waals surface area contributed by atoms with Crippen LogP contribution in [0.2, 0.25) is 0 Å². The number of aromatic amines is 1. The number of fused-ring (bicyclic) bond motifs is 1. The van der Waals surface area contributed by atoms with Crippen molar-refractivity contribution in [3.63, 3.8) is 0 Å². The van der Waals surface area contributed by atoms with E-state index in [1.807, 2.05) is 19.9 Å². The van der Waals surface area contributed by atoms with Gasteiger partial charge in [-0.25, -0.2) is 4.98 Å². The van der Waals surface area contributed by atoms with Crippen LogP contribution in [-0.4, -0.2) is 9.97 Å². The lowest BCUT2D eigenvalue weighted by Gasteiger charge is -1.98. The molecule has 0 fully saturated rings. The van der Waals surface area contributed by atoms with E-state index >= 15 is 0 Å². The molecule has 0 spiro atoms. The third-order valence-electron chi connectivity index (χ3n) is 2.00. The Morgan fingerprint density at radius 2 is 2.17 bits per heavy atom. The third-order valence-corrected chi connectivity index (χ3v) is 2.00. The van der Waals surface area contributed by atoms with Crippen LogP contribution in [0.5, 0.6) is 0 Å². The molecule has 2 heterocycles. The molecule has 0 aliphatic carbocycles. The standard InChI is InChI=1S/C9H11N3/c1-5-3-6(2)12-9-8(5)7(10)4-11-9/h3-4H,10H2,1-2H3,(H,11,12). The van der Waals surface area contributed by atoms with Gasteiger partial charge in [0.15, 0.2) is 0 Å². The summed E-state index contributed by atoms with van der Waals surface area (Å²) in [6.07, 6.45) is 1.78. The van der Waals surface area contributed by atoms with Crippen molar-refractivity contribution in [3.05, 3.63) is 23.5 Å². The van der Waals surface area contributed by atoms with Crippen LogP contribution in [0.25, 0.3) is 11.0 Å². The molecule has 12 heavy (non-hydrogen) atoms. The maximum absolute atomic E-state index is 5.76. The molecule has 2 rings (SSSR count). The average Bonchev–Trinajstić information content (AvgIpc) is 2.31. The summed E-state index contributed by atoms with van der Waals surface area (Å²) in [4.78, 5) is 7.36. The second-order valence-electron chi connectivity index (χ2n) is 3.05. The van der Waals surface area contributed by atoms with E-state index in [0.29, 0.717) is 0 Å². The van der Waals surface area contributed by atoms with E-state index in [2.05, 4.69) is 9.97 Å². The molecule has 0 unspecified atom stereocenters. The fraction of sp³-hybridized carbons (Fsp3) is 0.222. The minimum absolute atomic E-state index is 0.773. The number of aryl methyl sites for hydroxylation is 2. The first-order valence-electron chi connectivity index (χ1n) is 3.89. The number of H-pyrrole nitrogens is 1. The molecule has 0 aliphatic rings. The normalized spacial score (nSPS) is 10.8. The molecule has 2 aromatic heterocycles. The summed E-state index contributed by atoms with van der Waals surface area (Å²) in [6, 6.07) is 2.03. The maximum atomic E-state index is 5.76. The van der Waals surface area contributed by atoms with E-state index in [4.69, 9.17) is 5.73 Å². The zero-order valence-electron chi connectivity index (χ0n) is 7.18. The first-order valence-corrected chi connectivity index (χ1v) is 3.89. The Morgan fingerprint density at radius 3 is 2.92 bits per heavy atom. The summed E-state index contributed by atoms with van der Waals surface area (Å²) in [6.45, 7) is 4.02. The number of hydrogen-bond donors (Lipinski definition) is 2. The van der Waals surface area contributed by atoms with Gasteiger partial charge in [-0.15, -0.1) is 0 Å². The lowest BCUT2D eigenvalue weighted by atomic mass is 10.1. The van der Waals surface area contributed by atoms with Crippen LogP contribution < -0.4 is 5.73 Å². The van der Waals surface area contributed by atoms with Crippen molar-refractivity contribution < 1.29 is 0 Å². The van der Waals surface area contributed by atoms with Gasteiger partial charge in [0.05, 0.1) is 5.69 Å². The van der Waals surface area contributed by atoms with Crippen LogP contribution in [0.1, 0.15) is 11.3 Å². The number of nitrogens with one attached hydrogen (secondary N) is 1. The number of anilines is 1. The predicted molar refractivity (Wildman–Crippen MR) is 50.0 cm³/mol. The molecular weight excluding hydrogens is 150 g/mol. The number of hydrogen-bond acceptors (Lipinski definition) is 2. The molecule has 0 bridgehead atoms. The van der Waals surface area contributed by atoms with Gasteiger partial charge < -0.3 is 10.7 Å². The highest BCUT2D eigenvalue weighted by Crippen LogP contribution is 2.22. The van der Waals surface area contributed by atoms with Gasteiger partial charge in [-0.1, -0.05) is 0 Å². The number of nitrogens with zero attached hydrogens (tertiary/aromatic N) is 1. The predicted octanol–water partition coefficient (Wildman–Crippen LogP) is 1.76. The molecule has 3 N–H and O–H groups in total. The monoisotopic (exact) mass is 161 g/mol. The zero-order valence-corrected chi connectivity index (χ0v) is 7.18. The summed E-state index contributed by atoms with van der Waals surface area (Å²) < 4.78 is 0. The molecule has 3 nitrogen and oxygen atoms in total. The number of pyridine rings is 1. The largest absolute Gasteiger partial charge is 0.397 e. The highest BCUT2D eigenvalue weighted by molar-refractivity contribution is 5.91. The van der Waals surface area contributed by atoms with E-state index in [-0.39, 0.29) is 0 Å². The molecule has 2 aromatic rings. The molecule has 0 radical (unpaired) electrons. The SMILES string of the molecule is Cc1cc(C)c2c(N)c[nH]c2n1. The van der Waals surface area contributed by atoms with Crippen LogP contribution in [0.15, 0.2) is 12.3 Å². The minimum Gasteiger partial charge on any atom is -0.397 e. The molecule has 0 atom stereocenters. The quantitative estimate of drug-likeness (QED) is 0.618. The van der Waals surface area contributed by atoms with E-state index in [1.165, 1.54) is 5.56 Å². The van der Waals surface area contributed by atoms with Crippen molar-refractivity contribution in [1.29, 1.82) is 0 Å². The number of nitrogens with two attached hydrogens (primary N) is 1. The van der Waals surface area contributed by atoms with Gasteiger partial charge in [0.25, 0.3) is 0 Å². The van der Waals surface area contributed by atoms with Crippen molar-refractivity contribution in [1.82, 2.24) is 9.97 Å². The molecule has 3 heteroatoms. The minimum atomic E-state index is 0.773. The Labute approximate surface area is 70.6 Å². The van der Waals surface area contributed by atoms with Gasteiger partial charge in [-0.05, 0) is 25.5 Å². The third kappa shape index (κ3) is 0.863. The van der Waals surface area contributed by atoms with Crippen molar-refractivity contribution in [3.8, 4) is 0 Å². The van der Waals surface area contributed by atoms with E-state index in [9.17, 15) is 0 Å². The summed E-state index contributed by atoms with van der Waals surface area (Å²) in [5.41, 5.74) is 9.60. The van der Waals surface area contributed by atoms with Crippen LogP contribution in [0, 0.1) is 13.8 Å². The van der Waals surface area contributed by atoms with Crippen molar-refractivity contribution in [2.45, 2.75) is 13.8 Å². The van der Waals surface area contributed by atoms with Gasteiger partial charge in [-0.3, -0.25) is 0 Å². The smallest absolute Gasteiger partial charge is 0.139 e. The fourth-order valence-corrected chi connectivity index (χ4v) is 1.52. The first-order chi connectivity index (χ1) is 5.68. The number of aromatic nitrogens is 2.